The first-order valence-corrected chi connectivity index (χ1v) is 4.82. The third-order valence-corrected chi connectivity index (χ3v) is 2.32. The van der Waals surface area contributed by atoms with Gasteiger partial charge in [0.2, 0.25) is 0 Å². The Hall–Kier alpha value is -2.72. The highest BCUT2D eigenvalue weighted by atomic mass is 19.1. The van der Waals surface area contributed by atoms with E-state index in [1.54, 1.807) is 36.5 Å². The van der Waals surface area contributed by atoms with Crippen molar-refractivity contribution in [2.75, 3.05) is 0 Å². The van der Waals surface area contributed by atoms with Crippen molar-refractivity contribution in [1.29, 1.82) is 10.5 Å². The molecule has 17 heavy (non-hydrogen) atoms. The van der Waals surface area contributed by atoms with Crippen LogP contribution in [0.1, 0.15) is 11.1 Å². The van der Waals surface area contributed by atoms with Gasteiger partial charge in [0.05, 0.1) is 16.8 Å². The summed E-state index contributed by atoms with van der Waals surface area (Å²) in [5, 5.41) is 17.6. The zero-order valence-corrected chi connectivity index (χ0v) is 8.68. The number of hydrogen-bond donors (Lipinski definition) is 0. The van der Waals surface area contributed by atoms with Gasteiger partial charge in [0.25, 0.3) is 0 Å². The molecule has 0 amide bonds. The average molecular weight is 223 g/mol. The topological polar surface area (TPSA) is 60.5 Å². The zero-order valence-electron chi connectivity index (χ0n) is 8.68. The molecule has 0 fully saturated rings. The molecule has 1 aromatic heterocycles. The minimum atomic E-state index is -0.793. The lowest BCUT2D eigenvalue weighted by Crippen LogP contribution is -1.94. The van der Waals surface area contributed by atoms with E-state index in [0.29, 0.717) is 11.3 Å². The quantitative estimate of drug-likeness (QED) is 0.746. The van der Waals surface area contributed by atoms with Crippen molar-refractivity contribution in [2.45, 2.75) is 0 Å². The fraction of sp³-hybridized carbons (Fsp3) is 0. The van der Waals surface area contributed by atoms with E-state index in [-0.39, 0.29) is 11.1 Å². The molecule has 0 N–H and O–H groups in total. The Morgan fingerprint density at radius 2 is 1.88 bits per heavy atom. The first kappa shape index (κ1) is 10.8. The molecule has 1 heterocycles. The number of hydrogen-bond acceptors (Lipinski definition) is 3. The van der Waals surface area contributed by atoms with Crippen LogP contribution in [0, 0.1) is 28.5 Å². The standard InChI is InChI=1S/C13H6FN3/c14-13-9(7-15)4-5-10(11(13)8-16)12-3-1-2-6-17-12/h1-6H. The highest BCUT2D eigenvalue weighted by Crippen LogP contribution is 2.25. The summed E-state index contributed by atoms with van der Waals surface area (Å²) in [6.45, 7) is 0. The fourth-order valence-electron chi connectivity index (χ4n) is 1.51. The summed E-state index contributed by atoms with van der Waals surface area (Å²) in [4.78, 5) is 4.05. The molecule has 0 spiro atoms. The zero-order chi connectivity index (χ0) is 12.3. The minimum Gasteiger partial charge on any atom is -0.256 e. The maximum absolute atomic E-state index is 13.7. The second-order valence-electron chi connectivity index (χ2n) is 3.29. The summed E-state index contributed by atoms with van der Waals surface area (Å²) >= 11 is 0. The van der Waals surface area contributed by atoms with Crippen LogP contribution in [0.25, 0.3) is 11.3 Å². The van der Waals surface area contributed by atoms with E-state index in [4.69, 9.17) is 10.5 Å². The number of rotatable bonds is 1. The van der Waals surface area contributed by atoms with E-state index in [1.165, 1.54) is 12.1 Å². The van der Waals surface area contributed by atoms with Gasteiger partial charge in [0, 0.05) is 11.8 Å². The molecule has 0 aliphatic rings. The maximum Gasteiger partial charge on any atom is 0.159 e. The smallest absolute Gasteiger partial charge is 0.159 e. The van der Waals surface area contributed by atoms with Crippen molar-refractivity contribution in [3.05, 3.63) is 53.5 Å². The maximum atomic E-state index is 13.7. The predicted octanol–water partition coefficient (Wildman–Crippen LogP) is 2.63. The monoisotopic (exact) mass is 223 g/mol. The molecule has 0 atom stereocenters. The largest absolute Gasteiger partial charge is 0.256 e. The second kappa shape index (κ2) is 4.42. The minimum absolute atomic E-state index is 0.138. The molecule has 4 heteroatoms. The Bertz CT molecular complexity index is 636. The summed E-state index contributed by atoms with van der Waals surface area (Å²) in [5.41, 5.74) is 0.612. The van der Waals surface area contributed by atoms with E-state index in [2.05, 4.69) is 4.98 Å². The van der Waals surface area contributed by atoms with E-state index in [1.807, 2.05) is 0 Å². The van der Waals surface area contributed by atoms with Crippen LogP contribution in [-0.4, -0.2) is 4.98 Å². The second-order valence-corrected chi connectivity index (χ2v) is 3.29. The van der Waals surface area contributed by atoms with Gasteiger partial charge in [-0.1, -0.05) is 6.07 Å². The van der Waals surface area contributed by atoms with E-state index >= 15 is 0 Å². The van der Waals surface area contributed by atoms with E-state index < -0.39 is 5.82 Å². The van der Waals surface area contributed by atoms with E-state index in [9.17, 15) is 4.39 Å². The molecule has 0 aliphatic carbocycles. The number of nitriles is 2. The number of benzene rings is 1. The highest BCUT2D eigenvalue weighted by molar-refractivity contribution is 5.69. The van der Waals surface area contributed by atoms with Crippen molar-refractivity contribution in [1.82, 2.24) is 4.98 Å². The van der Waals surface area contributed by atoms with Gasteiger partial charge >= 0.3 is 0 Å². The Morgan fingerprint density at radius 3 is 2.47 bits per heavy atom. The Labute approximate surface area is 97.4 Å². The normalized spacial score (nSPS) is 9.35. The number of nitrogens with zero attached hydrogens (tertiary/aromatic N) is 3. The molecule has 0 unspecified atom stereocenters. The van der Waals surface area contributed by atoms with Gasteiger partial charge in [-0.2, -0.15) is 10.5 Å². The van der Waals surface area contributed by atoms with Crippen LogP contribution in [0.4, 0.5) is 4.39 Å². The number of aromatic nitrogens is 1. The Morgan fingerprint density at radius 1 is 1.06 bits per heavy atom. The highest BCUT2D eigenvalue weighted by Gasteiger charge is 2.14. The molecule has 0 bridgehead atoms. The molecule has 2 aromatic rings. The predicted molar refractivity (Wildman–Crippen MR) is 59.1 cm³/mol. The molecule has 0 radical (unpaired) electrons. The van der Waals surface area contributed by atoms with Crippen LogP contribution in [0.2, 0.25) is 0 Å². The summed E-state index contributed by atoms with van der Waals surface area (Å²) in [6.07, 6.45) is 1.56. The van der Waals surface area contributed by atoms with Crippen LogP contribution in [0.3, 0.4) is 0 Å². The van der Waals surface area contributed by atoms with Crippen molar-refractivity contribution in [3.63, 3.8) is 0 Å². The molecule has 2 rings (SSSR count). The first-order valence-electron chi connectivity index (χ1n) is 4.82. The van der Waals surface area contributed by atoms with Crippen molar-refractivity contribution >= 4 is 0 Å². The van der Waals surface area contributed by atoms with Crippen LogP contribution in [0.15, 0.2) is 36.5 Å². The molecule has 1 aromatic carbocycles. The van der Waals surface area contributed by atoms with Gasteiger partial charge in [-0.15, -0.1) is 0 Å². The van der Waals surface area contributed by atoms with Crippen molar-refractivity contribution in [3.8, 4) is 23.4 Å². The SMILES string of the molecule is N#Cc1ccc(-c2ccccn2)c(C#N)c1F. The lowest BCUT2D eigenvalue weighted by molar-refractivity contribution is 0.620. The van der Waals surface area contributed by atoms with Crippen molar-refractivity contribution < 1.29 is 4.39 Å². The van der Waals surface area contributed by atoms with Crippen molar-refractivity contribution in [2.24, 2.45) is 0 Å². The third-order valence-electron chi connectivity index (χ3n) is 2.32. The molecular weight excluding hydrogens is 217 g/mol. The van der Waals surface area contributed by atoms with Gasteiger partial charge in [0.1, 0.15) is 12.1 Å². The first-order chi connectivity index (χ1) is 8.27. The van der Waals surface area contributed by atoms with Crippen LogP contribution < -0.4 is 0 Å². The molecule has 80 valence electrons. The van der Waals surface area contributed by atoms with E-state index in [0.717, 1.165) is 0 Å². The van der Waals surface area contributed by atoms with Gasteiger partial charge < -0.3 is 0 Å². The lowest BCUT2D eigenvalue weighted by atomic mass is 10.0. The average Bonchev–Trinajstić information content (AvgIpc) is 2.39. The Kier molecular flexibility index (Phi) is 2.81. The lowest BCUT2D eigenvalue weighted by Gasteiger charge is -2.04. The molecule has 0 saturated carbocycles. The number of pyridine rings is 1. The Balaban J connectivity index is 2.70. The summed E-state index contributed by atoms with van der Waals surface area (Å²) in [5.74, 6) is -0.793. The van der Waals surface area contributed by atoms with Crippen LogP contribution >= 0.6 is 0 Å². The number of halogens is 1. The van der Waals surface area contributed by atoms with Gasteiger partial charge in [-0.25, -0.2) is 4.39 Å². The summed E-state index contributed by atoms with van der Waals surface area (Å²) < 4.78 is 13.7. The molecule has 3 nitrogen and oxygen atoms in total. The van der Waals surface area contributed by atoms with Gasteiger partial charge in [0.15, 0.2) is 5.82 Å². The molecule has 0 saturated heterocycles. The summed E-state index contributed by atoms with van der Waals surface area (Å²) in [6, 6.07) is 11.5. The van der Waals surface area contributed by atoms with Gasteiger partial charge in [-0.05, 0) is 24.3 Å². The molecular formula is C13H6FN3. The van der Waals surface area contributed by atoms with Gasteiger partial charge in [-0.3, -0.25) is 4.98 Å². The third kappa shape index (κ3) is 1.84. The van der Waals surface area contributed by atoms with Crippen LogP contribution in [-0.2, 0) is 0 Å². The van der Waals surface area contributed by atoms with Crippen LogP contribution in [0.5, 0.6) is 0 Å². The molecule has 0 aliphatic heterocycles. The summed E-state index contributed by atoms with van der Waals surface area (Å²) in [7, 11) is 0. The fourth-order valence-corrected chi connectivity index (χ4v) is 1.51.